The van der Waals surface area contributed by atoms with E-state index < -0.39 is 14.6 Å². The Morgan fingerprint density at radius 1 is 0.906 bits per heavy atom. The molecule has 2 aromatic carbocycles. The van der Waals surface area contributed by atoms with Crippen LogP contribution >= 0.6 is 0 Å². The van der Waals surface area contributed by atoms with Crippen molar-refractivity contribution in [2.45, 2.75) is 70.2 Å². The third kappa shape index (κ3) is 6.21. The highest BCUT2D eigenvalue weighted by molar-refractivity contribution is 6.80. The van der Waals surface area contributed by atoms with Crippen LogP contribution in [0.1, 0.15) is 46.5 Å². The molecule has 0 aromatic heterocycles. The van der Waals surface area contributed by atoms with Gasteiger partial charge >= 0.3 is 6.09 Å². The van der Waals surface area contributed by atoms with Crippen LogP contribution < -0.4 is 15.7 Å². The fourth-order valence-electron chi connectivity index (χ4n) is 4.71. The summed E-state index contributed by atoms with van der Waals surface area (Å²) in [7, 11) is -1.68. The predicted molar refractivity (Wildman–Crippen MR) is 131 cm³/mol. The number of ether oxygens (including phenoxy) is 1. The number of rotatable bonds is 6. The van der Waals surface area contributed by atoms with Crippen LogP contribution in [0, 0.1) is 0 Å². The van der Waals surface area contributed by atoms with E-state index in [-0.39, 0.29) is 12.1 Å². The summed E-state index contributed by atoms with van der Waals surface area (Å²) in [5.41, 5.74) is -0.450. The van der Waals surface area contributed by atoms with Crippen LogP contribution in [0.5, 0.6) is 0 Å². The van der Waals surface area contributed by atoms with Gasteiger partial charge in [0, 0.05) is 25.2 Å². The number of nitrogens with zero attached hydrogens (tertiary/aromatic N) is 1. The maximum atomic E-state index is 12.0. The first kappa shape index (κ1) is 23.0. The fraction of sp³-hybridized carbons (Fsp3) is 0.500. The Hall–Kier alpha value is -2.15. The van der Waals surface area contributed by atoms with E-state index in [0.717, 1.165) is 38.8 Å². The summed E-state index contributed by atoms with van der Waals surface area (Å²) in [6, 6.07) is 22.2. The van der Waals surface area contributed by atoms with Crippen LogP contribution in [0.15, 0.2) is 60.7 Å². The van der Waals surface area contributed by atoms with Crippen molar-refractivity contribution in [3.63, 3.8) is 0 Å². The Bertz CT molecular complexity index is 818. The molecule has 2 aliphatic rings. The Morgan fingerprint density at radius 2 is 1.44 bits per heavy atom. The van der Waals surface area contributed by atoms with E-state index in [1.807, 2.05) is 20.8 Å². The number of nitrogens with one attached hydrogen (secondary N) is 1. The highest BCUT2D eigenvalue weighted by Gasteiger charge is 2.37. The number of carbonyl (C=O) groups excluding carboxylic acids is 1. The molecule has 0 bridgehead atoms. The van der Waals surface area contributed by atoms with Crippen LogP contribution in [-0.4, -0.2) is 56.9 Å². The minimum Gasteiger partial charge on any atom is -0.444 e. The Labute approximate surface area is 193 Å². The number of likely N-dealkylation sites (tertiary alicyclic amines) is 1. The number of amides is 1. The Balaban J connectivity index is 1.25. The lowest BCUT2D eigenvalue weighted by atomic mass is 9.88. The van der Waals surface area contributed by atoms with Crippen molar-refractivity contribution in [2.24, 2.45) is 0 Å². The number of benzene rings is 2. The van der Waals surface area contributed by atoms with Crippen molar-refractivity contribution in [1.82, 2.24) is 10.2 Å². The van der Waals surface area contributed by atoms with E-state index in [1.54, 1.807) is 0 Å². The quantitative estimate of drug-likeness (QED) is 0.685. The number of hydrogen-bond acceptors (Lipinski definition) is 4. The molecule has 32 heavy (non-hydrogen) atoms. The summed E-state index contributed by atoms with van der Waals surface area (Å²) in [6.45, 7) is 7.72. The van der Waals surface area contributed by atoms with E-state index >= 15 is 0 Å². The maximum absolute atomic E-state index is 12.0. The van der Waals surface area contributed by atoms with Crippen LogP contribution in [0.2, 0.25) is 0 Å². The van der Waals surface area contributed by atoms with Gasteiger partial charge in [-0.1, -0.05) is 60.7 Å². The predicted octanol–water partition coefficient (Wildman–Crippen LogP) is 3.06. The minimum absolute atomic E-state index is 0.224. The molecule has 1 amide bonds. The zero-order valence-electron chi connectivity index (χ0n) is 19.5. The van der Waals surface area contributed by atoms with Crippen molar-refractivity contribution in [3.8, 4) is 0 Å². The van der Waals surface area contributed by atoms with Gasteiger partial charge < -0.3 is 14.5 Å². The second-order valence-electron chi connectivity index (χ2n) is 10.1. The first-order valence-corrected chi connectivity index (χ1v) is 13.5. The van der Waals surface area contributed by atoms with Crippen molar-refractivity contribution in [3.05, 3.63) is 60.7 Å². The molecular formula is C26H36N2O3Si. The molecule has 4 rings (SSSR count). The smallest absolute Gasteiger partial charge is 0.407 e. The van der Waals surface area contributed by atoms with Crippen molar-refractivity contribution >= 4 is 25.5 Å². The van der Waals surface area contributed by atoms with Gasteiger partial charge in [0.2, 0.25) is 9.04 Å². The third-order valence-corrected chi connectivity index (χ3v) is 8.98. The molecule has 6 heteroatoms. The monoisotopic (exact) mass is 452 g/mol. The van der Waals surface area contributed by atoms with E-state index in [9.17, 15) is 4.79 Å². The van der Waals surface area contributed by atoms with E-state index in [0.29, 0.717) is 12.1 Å². The van der Waals surface area contributed by atoms with Gasteiger partial charge in [-0.2, -0.15) is 0 Å². The van der Waals surface area contributed by atoms with Gasteiger partial charge in [-0.15, -0.1) is 0 Å². The molecule has 1 N–H and O–H groups in total. The summed E-state index contributed by atoms with van der Waals surface area (Å²) in [5, 5.41) is 5.72. The molecule has 2 aromatic rings. The molecule has 1 heterocycles. The average molecular weight is 453 g/mol. The lowest BCUT2D eigenvalue weighted by Gasteiger charge is -2.47. The second-order valence-corrected chi connectivity index (χ2v) is 12.4. The normalized spacial score (nSPS) is 22.4. The topological polar surface area (TPSA) is 50.8 Å². The van der Waals surface area contributed by atoms with Gasteiger partial charge in [0.15, 0.2) is 0 Å². The largest absolute Gasteiger partial charge is 0.444 e. The van der Waals surface area contributed by atoms with Crippen molar-refractivity contribution < 1.29 is 14.0 Å². The molecule has 5 nitrogen and oxygen atoms in total. The zero-order valence-corrected chi connectivity index (χ0v) is 20.7. The molecule has 0 spiro atoms. The lowest BCUT2D eigenvalue weighted by Crippen LogP contribution is -2.61. The highest BCUT2D eigenvalue weighted by Crippen LogP contribution is 2.28. The Kier molecular flexibility index (Phi) is 7.33. The minimum atomic E-state index is -1.68. The van der Waals surface area contributed by atoms with Crippen LogP contribution in [0.25, 0.3) is 0 Å². The summed E-state index contributed by atoms with van der Waals surface area (Å²) in [4.78, 5) is 14.6. The van der Waals surface area contributed by atoms with Gasteiger partial charge in [0.1, 0.15) is 5.60 Å². The number of hydrogen-bond donors (Lipinski definition) is 1. The molecule has 1 saturated carbocycles. The van der Waals surface area contributed by atoms with Crippen LogP contribution in [0.3, 0.4) is 0 Å². The fourth-order valence-corrected chi connectivity index (χ4v) is 7.11. The molecule has 1 aliphatic carbocycles. The van der Waals surface area contributed by atoms with E-state index in [1.165, 1.54) is 10.4 Å². The summed E-state index contributed by atoms with van der Waals surface area (Å²) in [5.74, 6) is 0. The van der Waals surface area contributed by atoms with Crippen LogP contribution in [-0.2, 0) is 9.16 Å². The number of carbonyl (C=O) groups is 1. The molecule has 172 valence electrons. The molecule has 1 saturated heterocycles. The van der Waals surface area contributed by atoms with E-state index in [2.05, 4.69) is 70.9 Å². The molecule has 0 radical (unpaired) electrons. The lowest BCUT2D eigenvalue weighted by molar-refractivity contribution is -0.0210. The van der Waals surface area contributed by atoms with Gasteiger partial charge in [0.25, 0.3) is 0 Å². The molecule has 0 atom stereocenters. The highest BCUT2D eigenvalue weighted by atomic mass is 28.3. The zero-order chi connectivity index (χ0) is 22.6. The second kappa shape index (κ2) is 10.2. The van der Waals surface area contributed by atoms with Gasteiger partial charge in [-0.3, -0.25) is 4.90 Å². The summed E-state index contributed by atoms with van der Waals surface area (Å²) < 4.78 is 12.1. The molecule has 2 fully saturated rings. The maximum Gasteiger partial charge on any atom is 0.407 e. The van der Waals surface area contributed by atoms with E-state index in [4.69, 9.17) is 9.16 Å². The number of alkyl carbamates (subject to hydrolysis) is 1. The van der Waals surface area contributed by atoms with Gasteiger partial charge in [-0.05, 0) is 56.8 Å². The molecular weight excluding hydrogens is 416 g/mol. The first-order chi connectivity index (χ1) is 15.4. The van der Waals surface area contributed by atoms with Crippen LogP contribution in [0.4, 0.5) is 4.79 Å². The van der Waals surface area contributed by atoms with Gasteiger partial charge in [0.05, 0.1) is 6.10 Å². The molecule has 1 aliphatic heterocycles. The first-order valence-electron chi connectivity index (χ1n) is 11.9. The van der Waals surface area contributed by atoms with Gasteiger partial charge in [-0.25, -0.2) is 4.79 Å². The summed E-state index contributed by atoms with van der Waals surface area (Å²) >= 11 is 0. The summed E-state index contributed by atoms with van der Waals surface area (Å²) in [6.07, 6.45) is 4.27. The van der Waals surface area contributed by atoms with Crippen molar-refractivity contribution in [2.75, 3.05) is 13.1 Å². The van der Waals surface area contributed by atoms with Crippen molar-refractivity contribution in [1.29, 1.82) is 0 Å². The third-order valence-electron chi connectivity index (χ3n) is 6.34. The standard InChI is InChI=1S/C26H36N2O3Si/c1-26(2,3)30-25(29)27-20-14-16-21(17-15-20)28-18-22(19-28)31-32(23-10-6-4-7-11-23)24-12-8-5-9-13-24/h4-13,20-22,32H,14-19H2,1-3H3,(H,27,29)/t20-,21-. The Morgan fingerprint density at radius 3 is 1.94 bits per heavy atom. The molecule has 0 unspecified atom stereocenters. The average Bonchev–Trinajstić information content (AvgIpc) is 2.74. The SMILES string of the molecule is CC(C)(C)OC(=O)N[C@H]1CC[C@H](N2CC(O[SiH](c3ccccc3)c3ccccc3)C2)CC1.